The normalized spacial score (nSPS) is 14.9. The lowest BCUT2D eigenvalue weighted by Gasteiger charge is -2.13. The van der Waals surface area contributed by atoms with Gasteiger partial charge in [0.05, 0.1) is 12.2 Å². The summed E-state index contributed by atoms with van der Waals surface area (Å²) in [5, 5.41) is 10.00. The molecule has 1 aliphatic rings. The van der Waals surface area contributed by atoms with Crippen molar-refractivity contribution in [1.29, 1.82) is 0 Å². The smallest absolute Gasteiger partial charge is 0.296 e. The molecule has 22 heavy (non-hydrogen) atoms. The number of aliphatic hydroxyl groups is 1. The van der Waals surface area contributed by atoms with Gasteiger partial charge in [-0.3, -0.25) is 14.5 Å². The standard InChI is InChI=1S/C17H21NO4/c1-3-5-10-18-16(20)14(15(19)17(18)21)12-6-8-13(9-7-12)22-11-4-2/h6-9,19H,3-5,10-11H2,1-2H3. The van der Waals surface area contributed by atoms with Crippen molar-refractivity contribution in [2.45, 2.75) is 33.1 Å². The fraction of sp³-hybridized carbons (Fsp3) is 0.412. The SMILES string of the molecule is CCCCN1C(=O)C(O)=C(c2ccc(OCCC)cc2)C1=O. The predicted octanol–water partition coefficient (Wildman–Crippen LogP) is 2.91. The summed E-state index contributed by atoms with van der Waals surface area (Å²) in [6.45, 7) is 4.95. The van der Waals surface area contributed by atoms with Crippen LogP contribution in [-0.2, 0) is 9.59 Å². The molecule has 0 unspecified atom stereocenters. The Hall–Kier alpha value is -2.30. The van der Waals surface area contributed by atoms with Crippen molar-refractivity contribution in [2.75, 3.05) is 13.2 Å². The van der Waals surface area contributed by atoms with Crippen LogP contribution in [0.15, 0.2) is 30.0 Å². The van der Waals surface area contributed by atoms with Crippen LogP contribution in [0.5, 0.6) is 5.75 Å². The van der Waals surface area contributed by atoms with Gasteiger partial charge in [0, 0.05) is 6.54 Å². The van der Waals surface area contributed by atoms with Crippen molar-refractivity contribution in [3.63, 3.8) is 0 Å². The molecule has 118 valence electrons. The zero-order valence-electron chi connectivity index (χ0n) is 13.0. The first-order chi connectivity index (χ1) is 10.6. The third kappa shape index (κ3) is 3.13. The van der Waals surface area contributed by atoms with Gasteiger partial charge in [0.25, 0.3) is 11.8 Å². The number of imide groups is 1. The Morgan fingerprint density at radius 3 is 2.32 bits per heavy atom. The third-order valence-electron chi connectivity index (χ3n) is 3.49. The number of hydrogen-bond acceptors (Lipinski definition) is 4. The first-order valence-corrected chi connectivity index (χ1v) is 7.62. The Bertz CT molecular complexity index is 589. The zero-order valence-corrected chi connectivity index (χ0v) is 13.0. The van der Waals surface area contributed by atoms with Crippen LogP contribution in [0.1, 0.15) is 38.7 Å². The maximum absolute atomic E-state index is 12.3. The Balaban J connectivity index is 2.20. The van der Waals surface area contributed by atoms with E-state index in [2.05, 4.69) is 0 Å². The summed E-state index contributed by atoms with van der Waals surface area (Å²) in [5.74, 6) is -0.813. The fourth-order valence-electron chi connectivity index (χ4n) is 2.28. The first kappa shape index (κ1) is 16.1. The van der Waals surface area contributed by atoms with E-state index in [1.54, 1.807) is 24.3 Å². The minimum atomic E-state index is -0.611. The largest absolute Gasteiger partial charge is 0.502 e. The summed E-state index contributed by atoms with van der Waals surface area (Å²) in [5.41, 5.74) is 0.599. The van der Waals surface area contributed by atoms with Crippen LogP contribution in [0.3, 0.4) is 0 Å². The molecule has 0 atom stereocenters. The van der Waals surface area contributed by atoms with Crippen molar-refractivity contribution >= 4 is 17.4 Å². The summed E-state index contributed by atoms with van der Waals surface area (Å²) >= 11 is 0. The van der Waals surface area contributed by atoms with Gasteiger partial charge in [-0.25, -0.2) is 0 Å². The van der Waals surface area contributed by atoms with E-state index in [1.807, 2.05) is 13.8 Å². The lowest BCUT2D eigenvalue weighted by molar-refractivity contribution is -0.138. The summed E-state index contributed by atoms with van der Waals surface area (Å²) in [7, 11) is 0. The highest BCUT2D eigenvalue weighted by Gasteiger charge is 2.38. The summed E-state index contributed by atoms with van der Waals surface area (Å²) < 4.78 is 5.48. The van der Waals surface area contributed by atoms with E-state index in [-0.39, 0.29) is 5.57 Å². The van der Waals surface area contributed by atoms with Crippen molar-refractivity contribution in [1.82, 2.24) is 4.90 Å². The minimum Gasteiger partial charge on any atom is -0.502 e. The van der Waals surface area contributed by atoms with Gasteiger partial charge in [-0.1, -0.05) is 32.4 Å². The predicted molar refractivity (Wildman–Crippen MR) is 83.4 cm³/mol. The van der Waals surface area contributed by atoms with Gasteiger partial charge in [-0.05, 0) is 30.5 Å². The number of ether oxygens (including phenoxy) is 1. The molecule has 0 radical (unpaired) electrons. The third-order valence-corrected chi connectivity index (χ3v) is 3.49. The molecule has 1 N–H and O–H groups in total. The quantitative estimate of drug-likeness (QED) is 0.786. The summed E-state index contributed by atoms with van der Waals surface area (Å²) in [4.78, 5) is 25.4. The number of nitrogens with zero attached hydrogens (tertiary/aromatic N) is 1. The van der Waals surface area contributed by atoms with Crippen molar-refractivity contribution in [3.8, 4) is 5.75 Å². The average molecular weight is 303 g/mol. The summed E-state index contributed by atoms with van der Waals surface area (Å²) in [6, 6.07) is 6.84. The van der Waals surface area contributed by atoms with Crippen LogP contribution in [0.4, 0.5) is 0 Å². The topological polar surface area (TPSA) is 66.8 Å². The second kappa shape index (κ2) is 7.11. The number of carbonyl (C=O) groups excluding carboxylic acids is 2. The zero-order chi connectivity index (χ0) is 16.1. The summed E-state index contributed by atoms with van der Waals surface area (Å²) in [6.07, 6.45) is 2.51. The fourth-order valence-corrected chi connectivity index (χ4v) is 2.28. The van der Waals surface area contributed by atoms with Crippen LogP contribution in [0.25, 0.3) is 5.57 Å². The number of hydrogen-bond donors (Lipinski definition) is 1. The lowest BCUT2D eigenvalue weighted by Crippen LogP contribution is -2.32. The maximum atomic E-state index is 12.3. The molecule has 0 spiro atoms. The molecule has 0 fully saturated rings. The Labute approximate surface area is 130 Å². The Morgan fingerprint density at radius 2 is 1.73 bits per heavy atom. The van der Waals surface area contributed by atoms with Gasteiger partial charge in [-0.15, -0.1) is 0 Å². The first-order valence-electron chi connectivity index (χ1n) is 7.62. The molecule has 1 aromatic rings. The molecular formula is C17H21NO4. The van der Waals surface area contributed by atoms with Gasteiger partial charge in [0.1, 0.15) is 5.75 Å². The van der Waals surface area contributed by atoms with Crippen LogP contribution >= 0.6 is 0 Å². The van der Waals surface area contributed by atoms with Crippen LogP contribution < -0.4 is 4.74 Å². The molecule has 2 rings (SSSR count). The van der Waals surface area contributed by atoms with E-state index in [1.165, 1.54) is 0 Å². The number of benzene rings is 1. The monoisotopic (exact) mass is 303 g/mol. The number of amides is 2. The molecule has 2 amide bonds. The molecule has 0 aromatic heterocycles. The molecule has 0 saturated heterocycles. The minimum absolute atomic E-state index is 0.0724. The van der Waals surface area contributed by atoms with E-state index in [9.17, 15) is 14.7 Å². The van der Waals surface area contributed by atoms with Crippen molar-refractivity contribution in [2.24, 2.45) is 0 Å². The van der Waals surface area contributed by atoms with Gasteiger partial charge >= 0.3 is 0 Å². The Morgan fingerprint density at radius 1 is 1.05 bits per heavy atom. The second-order valence-electron chi connectivity index (χ2n) is 5.21. The lowest BCUT2D eigenvalue weighted by atomic mass is 10.1. The average Bonchev–Trinajstić information content (AvgIpc) is 2.74. The van der Waals surface area contributed by atoms with Crippen LogP contribution in [-0.4, -0.2) is 35.0 Å². The highest BCUT2D eigenvalue weighted by Crippen LogP contribution is 2.29. The van der Waals surface area contributed by atoms with Crippen molar-refractivity contribution in [3.05, 3.63) is 35.6 Å². The van der Waals surface area contributed by atoms with E-state index in [4.69, 9.17) is 4.74 Å². The molecule has 0 saturated carbocycles. The van der Waals surface area contributed by atoms with Crippen molar-refractivity contribution < 1.29 is 19.4 Å². The van der Waals surface area contributed by atoms with E-state index in [0.29, 0.717) is 24.5 Å². The van der Waals surface area contributed by atoms with Gasteiger partial charge in [-0.2, -0.15) is 0 Å². The van der Waals surface area contributed by atoms with E-state index in [0.717, 1.165) is 24.2 Å². The highest BCUT2D eigenvalue weighted by molar-refractivity contribution is 6.34. The van der Waals surface area contributed by atoms with Gasteiger partial charge in [0.2, 0.25) is 0 Å². The molecule has 5 heteroatoms. The number of rotatable bonds is 7. The molecule has 5 nitrogen and oxygen atoms in total. The van der Waals surface area contributed by atoms with Gasteiger partial charge < -0.3 is 9.84 Å². The Kier molecular flexibility index (Phi) is 5.20. The number of unbranched alkanes of at least 4 members (excludes halogenated alkanes) is 1. The molecule has 1 aromatic carbocycles. The number of aliphatic hydroxyl groups excluding tert-OH is 1. The molecular weight excluding hydrogens is 282 g/mol. The van der Waals surface area contributed by atoms with E-state index < -0.39 is 17.6 Å². The van der Waals surface area contributed by atoms with E-state index >= 15 is 0 Å². The second-order valence-corrected chi connectivity index (χ2v) is 5.21. The van der Waals surface area contributed by atoms with Crippen LogP contribution in [0, 0.1) is 0 Å². The molecule has 0 aliphatic carbocycles. The molecule has 1 aliphatic heterocycles. The maximum Gasteiger partial charge on any atom is 0.296 e. The highest BCUT2D eigenvalue weighted by atomic mass is 16.5. The number of carbonyl (C=O) groups is 2. The van der Waals surface area contributed by atoms with Gasteiger partial charge in [0.15, 0.2) is 5.76 Å². The molecule has 1 heterocycles. The molecule has 0 bridgehead atoms. The van der Waals surface area contributed by atoms with Crippen LogP contribution in [0.2, 0.25) is 0 Å².